The van der Waals surface area contributed by atoms with Crippen molar-refractivity contribution in [2.24, 2.45) is 0 Å². The molecule has 0 bridgehead atoms. The number of carbonyl (C=O) groups is 5. The number of hydrogen-bond acceptors (Lipinski definition) is 5. The van der Waals surface area contributed by atoms with E-state index in [1.807, 2.05) is 58.0 Å². The van der Waals surface area contributed by atoms with E-state index in [-0.39, 0.29) is 24.5 Å². The molecule has 1 saturated heterocycles. The van der Waals surface area contributed by atoms with E-state index in [1.165, 1.54) is 6.92 Å². The molecule has 0 radical (unpaired) electrons. The Morgan fingerprint density at radius 3 is 1.97 bits per heavy atom. The Hall–Kier alpha value is -4.59. The van der Waals surface area contributed by atoms with E-state index in [9.17, 15) is 24.0 Å². The SMILES string of the molecule is CC(=O)CC(=O)Nc1cc(C)ccc1C.Cc1ccc(C)c(N2C(=O)CC(=O)N(c3ccccc3)C2=O)c1. The molecule has 0 spiro atoms. The van der Waals surface area contributed by atoms with E-state index in [0.717, 1.165) is 37.7 Å². The molecule has 0 aromatic heterocycles. The van der Waals surface area contributed by atoms with Crippen molar-refractivity contribution in [1.82, 2.24) is 0 Å². The van der Waals surface area contributed by atoms with Crippen molar-refractivity contribution >= 4 is 46.6 Å². The number of nitrogens with one attached hydrogen (secondary N) is 1. The number of para-hydroxylation sites is 1. The first-order chi connectivity index (χ1) is 18.0. The largest absolute Gasteiger partial charge is 0.342 e. The monoisotopic (exact) mass is 513 g/mol. The molecule has 0 atom stereocenters. The summed E-state index contributed by atoms with van der Waals surface area (Å²) in [6.45, 7) is 9.01. The molecule has 3 aromatic rings. The van der Waals surface area contributed by atoms with Crippen molar-refractivity contribution < 1.29 is 24.0 Å². The van der Waals surface area contributed by atoms with Gasteiger partial charge in [-0.2, -0.15) is 0 Å². The second kappa shape index (κ2) is 12.1. The van der Waals surface area contributed by atoms with Gasteiger partial charge in [-0.15, -0.1) is 0 Å². The summed E-state index contributed by atoms with van der Waals surface area (Å²) in [6.07, 6.45) is -0.388. The van der Waals surface area contributed by atoms with E-state index in [4.69, 9.17) is 0 Å². The highest BCUT2D eigenvalue weighted by Gasteiger charge is 2.40. The van der Waals surface area contributed by atoms with Crippen molar-refractivity contribution in [2.45, 2.75) is 47.5 Å². The first-order valence-corrected chi connectivity index (χ1v) is 12.2. The summed E-state index contributed by atoms with van der Waals surface area (Å²) < 4.78 is 0. The van der Waals surface area contributed by atoms with E-state index < -0.39 is 17.8 Å². The zero-order valence-electron chi connectivity index (χ0n) is 22.2. The summed E-state index contributed by atoms with van der Waals surface area (Å²) in [5.41, 5.74) is 5.59. The smallest absolute Gasteiger partial charge is 0.325 e. The van der Waals surface area contributed by atoms with Crippen LogP contribution in [0, 0.1) is 27.7 Å². The maximum atomic E-state index is 12.8. The van der Waals surface area contributed by atoms with Crippen LogP contribution in [0.3, 0.4) is 0 Å². The minimum Gasteiger partial charge on any atom is -0.325 e. The van der Waals surface area contributed by atoms with Crippen LogP contribution in [0.1, 0.15) is 42.0 Å². The summed E-state index contributed by atoms with van der Waals surface area (Å²) in [5.74, 6) is -1.39. The summed E-state index contributed by atoms with van der Waals surface area (Å²) in [7, 11) is 0. The predicted molar refractivity (Wildman–Crippen MR) is 147 cm³/mol. The van der Waals surface area contributed by atoms with Gasteiger partial charge in [-0.1, -0.05) is 42.5 Å². The number of benzene rings is 3. The molecule has 1 aliphatic heterocycles. The van der Waals surface area contributed by atoms with Crippen LogP contribution in [0.5, 0.6) is 0 Å². The molecule has 8 nitrogen and oxygen atoms in total. The molecule has 1 aliphatic rings. The highest BCUT2D eigenvalue weighted by molar-refractivity contribution is 6.35. The third kappa shape index (κ3) is 6.79. The number of imide groups is 2. The summed E-state index contributed by atoms with van der Waals surface area (Å²) in [6, 6.07) is 19.4. The molecule has 1 fully saturated rings. The number of carbonyl (C=O) groups excluding carboxylic acids is 5. The molecule has 38 heavy (non-hydrogen) atoms. The zero-order chi connectivity index (χ0) is 28.0. The molecular formula is C30H31N3O5. The van der Waals surface area contributed by atoms with Crippen LogP contribution in [0.15, 0.2) is 66.7 Å². The Kier molecular flexibility index (Phi) is 8.91. The number of amides is 5. The number of ketones is 1. The van der Waals surface area contributed by atoms with Gasteiger partial charge in [0.05, 0.1) is 17.8 Å². The zero-order valence-corrected chi connectivity index (χ0v) is 22.2. The van der Waals surface area contributed by atoms with Crippen LogP contribution < -0.4 is 15.1 Å². The van der Waals surface area contributed by atoms with Gasteiger partial charge in [0.1, 0.15) is 12.2 Å². The van der Waals surface area contributed by atoms with Crippen LogP contribution >= 0.6 is 0 Å². The third-order valence-electron chi connectivity index (χ3n) is 5.88. The Morgan fingerprint density at radius 2 is 1.34 bits per heavy atom. The standard InChI is InChI=1S/C18H16N2O3.C12H15NO2/c1-12-8-9-13(2)15(10-12)20-17(22)11-16(21)19(18(20)23)14-6-4-3-5-7-14;1-8-4-5-9(2)11(6-8)13-12(15)7-10(3)14/h3-10H,11H2,1-2H3;4-6H,7H2,1-3H3,(H,13,15). The second-order valence-corrected chi connectivity index (χ2v) is 9.29. The van der Waals surface area contributed by atoms with Gasteiger partial charge in [0.25, 0.3) is 0 Å². The Morgan fingerprint density at radius 1 is 0.763 bits per heavy atom. The Labute approximate surface area is 222 Å². The lowest BCUT2D eigenvalue weighted by Gasteiger charge is -2.33. The fourth-order valence-electron chi connectivity index (χ4n) is 3.92. The minimum atomic E-state index is -0.633. The highest BCUT2D eigenvalue weighted by Crippen LogP contribution is 2.29. The molecule has 1 heterocycles. The first-order valence-electron chi connectivity index (χ1n) is 12.2. The van der Waals surface area contributed by atoms with Gasteiger partial charge in [-0.05, 0) is 81.1 Å². The Bertz CT molecular complexity index is 1400. The summed E-state index contributed by atoms with van der Waals surface area (Å²) >= 11 is 0. The number of Topliss-reactive ketones (excluding diaryl/α,β-unsaturated/α-hetero) is 1. The van der Waals surface area contributed by atoms with Crippen LogP contribution in [0.25, 0.3) is 0 Å². The van der Waals surface area contributed by atoms with Gasteiger partial charge >= 0.3 is 6.03 Å². The van der Waals surface area contributed by atoms with Crippen molar-refractivity contribution in [2.75, 3.05) is 15.1 Å². The van der Waals surface area contributed by atoms with Gasteiger partial charge in [-0.25, -0.2) is 14.6 Å². The van der Waals surface area contributed by atoms with E-state index in [0.29, 0.717) is 11.4 Å². The normalized spacial score (nSPS) is 13.1. The second-order valence-electron chi connectivity index (χ2n) is 9.29. The minimum absolute atomic E-state index is 0.0621. The van der Waals surface area contributed by atoms with E-state index >= 15 is 0 Å². The van der Waals surface area contributed by atoms with Crippen molar-refractivity contribution in [3.63, 3.8) is 0 Å². The fourth-order valence-corrected chi connectivity index (χ4v) is 3.92. The molecule has 3 aromatic carbocycles. The van der Waals surface area contributed by atoms with Crippen molar-refractivity contribution in [1.29, 1.82) is 0 Å². The molecule has 0 aliphatic carbocycles. The van der Waals surface area contributed by atoms with Crippen LogP contribution in [0.4, 0.5) is 21.9 Å². The maximum absolute atomic E-state index is 12.8. The van der Waals surface area contributed by atoms with Gasteiger partial charge in [0.2, 0.25) is 17.7 Å². The molecule has 8 heteroatoms. The van der Waals surface area contributed by atoms with Crippen LogP contribution in [-0.2, 0) is 19.2 Å². The summed E-state index contributed by atoms with van der Waals surface area (Å²) in [4.78, 5) is 61.6. The number of rotatable bonds is 5. The molecule has 1 N–H and O–H groups in total. The lowest BCUT2D eigenvalue weighted by Crippen LogP contribution is -2.55. The number of barbiturate groups is 1. The third-order valence-corrected chi connectivity index (χ3v) is 5.88. The molecular weight excluding hydrogens is 482 g/mol. The van der Waals surface area contributed by atoms with Gasteiger partial charge in [0.15, 0.2) is 0 Å². The van der Waals surface area contributed by atoms with Gasteiger partial charge in [-0.3, -0.25) is 19.2 Å². The quantitative estimate of drug-likeness (QED) is 0.459. The van der Waals surface area contributed by atoms with Gasteiger partial charge in [0, 0.05) is 5.69 Å². The van der Waals surface area contributed by atoms with Gasteiger partial charge < -0.3 is 5.32 Å². The van der Waals surface area contributed by atoms with Crippen molar-refractivity contribution in [3.05, 3.63) is 89.0 Å². The van der Waals surface area contributed by atoms with Crippen LogP contribution in [0.2, 0.25) is 0 Å². The number of nitrogens with zero attached hydrogens (tertiary/aromatic N) is 2. The predicted octanol–water partition coefficient (Wildman–Crippen LogP) is 5.41. The van der Waals surface area contributed by atoms with E-state index in [1.54, 1.807) is 36.4 Å². The summed E-state index contributed by atoms with van der Waals surface area (Å²) in [5, 5.41) is 2.72. The molecule has 4 rings (SSSR count). The number of anilines is 3. The maximum Gasteiger partial charge on any atom is 0.342 e. The first kappa shape index (κ1) is 28.0. The molecule has 0 saturated carbocycles. The molecule has 196 valence electrons. The van der Waals surface area contributed by atoms with Crippen LogP contribution in [-0.4, -0.2) is 29.5 Å². The van der Waals surface area contributed by atoms with Crippen molar-refractivity contribution in [3.8, 4) is 0 Å². The average molecular weight is 514 g/mol. The Balaban J connectivity index is 0.000000232. The number of aryl methyl sites for hydroxylation is 4. The molecule has 5 amide bonds. The topological polar surface area (TPSA) is 104 Å². The average Bonchev–Trinajstić information content (AvgIpc) is 2.84. The lowest BCUT2D eigenvalue weighted by atomic mass is 10.1. The number of hydrogen-bond donors (Lipinski definition) is 1. The fraction of sp³-hybridized carbons (Fsp3) is 0.233. The number of urea groups is 1. The highest BCUT2D eigenvalue weighted by atomic mass is 16.2. The molecule has 0 unspecified atom stereocenters. The lowest BCUT2D eigenvalue weighted by molar-refractivity contribution is -0.127. The van der Waals surface area contributed by atoms with E-state index in [2.05, 4.69) is 5.32 Å².